The van der Waals surface area contributed by atoms with Crippen LogP contribution in [-0.4, -0.2) is 32.9 Å². The second-order valence-electron chi connectivity index (χ2n) is 12.4. The van der Waals surface area contributed by atoms with Gasteiger partial charge in [-0.15, -0.1) is 0 Å². The smallest absolute Gasteiger partial charge is 0.188 e. The van der Waals surface area contributed by atoms with E-state index in [0.29, 0.717) is 6.79 Å². The van der Waals surface area contributed by atoms with Gasteiger partial charge in [0.05, 0.1) is 12.9 Å². The van der Waals surface area contributed by atoms with Gasteiger partial charge in [-0.25, -0.2) is 0 Å². The largest absolute Gasteiger partial charge is 0.475 e. The Labute approximate surface area is 264 Å². The maximum Gasteiger partial charge on any atom is 0.188 e. The Hall–Kier alpha value is -0.580. The molecule has 0 saturated heterocycles. The predicted octanol–water partition coefficient (Wildman–Crippen LogP) is 12.8. The van der Waals surface area contributed by atoms with Crippen LogP contribution in [0, 0.1) is 0 Å². The lowest BCUT2D eigenvalue weighted by atomic mass is 10.1. The molecule has 0 bridgehead atoms. The van der Waals surface area contributed by atoms with E-state index in [1.54, 1.807) is 6.26 Å². The highest BCUT2D eigenvalue weighted by molar-refractivity contribution is 4.72. The number of ether oxygens (including phenoxy) is 4. The van der Waals surface area contributed by atoms with E-state index >= 15 is 0 Å². The molecular formula is C38H76O4. The zero-order valence-corrected chi connectivity index (χ0v) is 29.0. The molecule has 0 radical (unpaired) electrons. The molecule has 0 aliphatic carbocycles. The van der Waals surface area contributed by atoms with Crippen molar-refractivity contribution in [2.45, 2.75) is 207 Å². The molecule has 0 fully saturated rings. The van der Waals surface area contributed by atoms with Crippen LogP contribution < -0.4 is 0 Å². The number of allylic oxidation sites excluding steroid dienone is 1. The predicted molar refractivity (Wildman–Crippen MR) is 183 cm³/mol. The van der Waals surface area contributed by atoms with Crippen LogP contribution in [0.1, 0.15) is 201 Å². The van der Waals surface area contributed by atoms with Crippen LogP contribution >= 0.6 is 0 Å². The third-order valence-corrected chi connectivity index (χ3v) is 8.11. The minimum absolute atomic E-state index is 0.0161. The van der Waals surface area contributed by atoms with E-state index < -0.39 is 0 Å². The Morgan fingerprint density at radius 3 is 1.33 bits per heavy atom. The van der Waals surface area contributed by atoms with Gasteiger partial charge in [0.25, 0.3) is 0 Å². The van der Waals surface area contributed by atoms with Gasteiger partial charge in [0.2, 0.25) is 0 Å². The molecule has 252 valence electrons. The Balaban J connectivity index is 3.82. The zero-order chi connectivity index (χ0) is 30.4. The summed E-state index contributed by atoms with van der Waals surface area (Å²) < 4.78 is 23.1. The van der Waals surface area contributed by atoms with Crippen LogP contribution in [0.3, 0.4) is 0 Å². The number of rotatable bonds is 37. The Morgan fingerprint density at radius 2 is 0.857 bits per heavy atom. The molecule has 0 heterocycles. The molecular weight excluding hydrogens is 520 g/mol. The molecule has 0 aromatic heterocycles. The summed E-state index contributed by atoms with van der Waals surface area (Å²) in [6.07, 6.45) is 40.7. The summed E-state index contributed by atoms with van der Waals surface area (Å²) in [7, 11) is 0. The van der Waals surface area contributed by atoms with Gasteiger partial charge in [-0.2, -0.15) is 0 Å². The minimum Gasteiger partial charge on any atom is -0.475 e. The van der Waals surface area contributed by atoms with Gasteiger partial charge < -0.3 is 18.9 Å². The van der Waals surface area contributed by atoms with Crippen molar-refractivity contribution in [3.8, 4) is 0 Å². The Kier molecular flexibility index (Phi) is 37.9. The fraction of sp³-hybridized carbons (Fsp3) is 0.947. The van der Waals surface area contributed by atoms with E-state index in [0.717, 1.165) is 39.1 Å². The fourth-order valence-electron chi connectivity index (χ4n) is 5.35. The number of hydrogen-bond donors (Lipinski definition) is 0. The standard InChI is InChI=1S/C38H76O4/c1-4-7-9-11-13-22-26-30-35-41-38(42-36-31-27-23-14-12-10-8-5-2)32-28-24-20-18-16-15-17-19-21-25-29-34-40-37-39-33-6-3/h29,34,38H,4-28,30-33,35-37H2,1-3H3. The summed E-state index contributed by atoms with van der Waals surface area (Å²) in [5.74, 6) is 0. The van der Waals surface area contributed by atoms with E-state index in [2.05, 4.69) is 26.8 Å². The van der Waals surface area contributed by atoms with Gasteiger partial charge in [-0.1, -0.05) is 156 Å². The molecule has 0 aliphatic heterocycles. The van der Waals surface area contributed by atoms with E-state index in [4.69, 9.17) is 18.9 Å². The summed E-state index contributed by atoms with van der Waals surface area (Å²) in [6, 6.07) is 0. The van der Waals surface area contributed by atoms with Crippen molar-refractivity contribution in [3.63, 3.8) is 0 Å². The van der Waals surface area contributed by atoms with Crippen molar-refractivity contribution in [3.05, 3.63) is 12.3 Å². The highest BCUT2D eigenvalue weighted by atomic mass is 16.7. The zero-order valence-electron chi connectivity index (χ0n) is 29.0. The van der Waals surface area contributed by atoms with Crippen molar-refractivity contribution < 1.29 is 18.9 Å². The van der Waals surface area contributed by atoms with Crippen molar-refractivity contribution in [2.24, 2.45) is 0 Å². The number of hydrogen-bond acceptors (Lipinski definition) is 4. The molecule has 0 aromatic rings. The second-order valence-corrected chi connectivity index (χ2v) is 12.4. The average molecular weight is 597 g/mol. The summed E-state index contributed by atoms with van der Waals surface area (Å²) in [6.45, 7) is 9.57. The van der Waals surface area contributed by atoms with Gasteiger partial charge >= 0.3 is 0 Å². The van der Waals surface area contributed by atoms with Crippen molar-refractivity contribution in [2.75, 3.05) is 26.6 Å². The fourth-order valence-corrected chi connectivity index (χ4v) is 5.35. The van der Waals surface area contributed by atoms with Crippen LogP contribution in [-0.2, 0) is 18.9 Å². The first-order valence-electron chi connectivity index (χ1n) is 18.9. The Morgan fingerprint density at radius 1 is 0.429 bits per heavy atom. The van der Waals surface area contributed by atoms with E-state index in [1.165, 1.54) is 161 Å². The first-order chi connectivity index (χ1) is 20.8. The van der Waals surface area contributed by atoms with Crippen LogP contribution in [0.25, 0.3) is 0 Å². The van der Waals surface area contributed by atoms with Gasteiger partial charge in [0.1, 0.15) is 0 Å². The molecule has 4 nitrogen and oxygen atoms in total. The molecule has 0 atom stereocenters. The maximum absolute atomic E-state index is 6.25. The van der Waals surface area contributed by atoms with Crippen molar-refractivity contribution in [1.82, 2.24) is 0 Å². The molecule has 0 spiro atoms. The maximum atomic E-state index is 6.25. The molecule has 0 aliphatic rings. The van der Waals surface area contributed by atoms with E-state index in [-0.39, 0.29) is 6.29 Å². The molecule has 42 heavy (non-hydrogen) atoms. The number of unbranched alkanes of at least 4 members (excludes halogenated alkanes) is 23. The van der Waals surface area contributed by atoms with Gasteiger partial charge in [0.15, 0.2) is 13.1 Å². The molecule has 0 aromatic carbocycles. The Bertz CT molecular complexity index is 473. The summed E-state index contributed by atoms with van der Waals surface area (Å²) in [5.41, 5.74) is 0. The van der Waals surface area contributed by atoms with E-state index in [9.17, 15) is 0 Å². The lowest BCUT2D eigenvalue weighted by Gasteiger charge is -2.19. The van der Waals surface area contributed by atoms with Crippen LogP contribution in [0.4, 0.5) is 0 Å². The molecule has 0 unspecified atom stereocenters. The molecule has 0 rings (SSSR count). The SMILES string of the molecule is CCCCCCCCCCOC(CCCCCCCCCCCC=COCOCCC)OCCCCCCCCCC. The molecule has 0 amide bonds. The topological polar surface area (TPSA) is 36.9 Å². The monoisotopic (exact) mass is 597 g/mol. The molecule has 0 N–H and O–H groups in total. The second kappa shape index (κ2) is 38.4. The molecule has 0 saturated carbocycles. The van der Waals surface area contributed by atoms with Gasteiger partial charge in [-0.05, 0) is 51.0 Å². The van der Waals surface area contributed by atoms with E-state index in [1.807, 2.05) is 0 Å². The summed E-state index contributed by atoms with van der Waals surface area (Å²) in [4.78, 5) is 0. The molecule has 4 heteroatoms. The average Bonchev–Trinajstić information content (AvgIpc) is 3.00. The lowest BCUT2D eigenvalue weighted by Crippen LogP contribution is -2.19. The van der Waals surface area contributed by atoms with Crippen LogP contribution in [0.15, 0.2) is 12.3 Å². The normalized spacial score (nSPS) is 11.8. The van der Waals surface area contributed by atoms with Gasteiger partial charge in [0, 0.05) is 13.2 Å². The quantitative estimate of drug-likeness (QED) is 0.0406. The summed E-state index contributed by atoms with van der Waals surface area (Å²) >= 11 is 0. The van der Waals surface area contributed by atoms with Crippen molar-refractivity contribution >= 4 is 0 Å². The highest BCUT2D eigenvalue weighted by Crippen LogP contribution is 2.16. The highest BCUT2D eigenvalue weighted by Gasteiger charge is 2.09. The van der Waals surface area contributed by atoms with Gasteiger partial charge in [-0.3, -0.25) is 0 Å². The van der Waals surface area contributed by atoms with Crippen molar-refractivity contribution in [1.29, 1.82) is 0 Å². The first-order valence-corrected chi connectivity index (χ1v) is 18.9. The summed E-state index contributed by atoms with van der Waals surface area (Å²) in [5, 5.41) is 0. The van der Waals surface area contributed by atoms with Crippen LogP contribution in [0.2, 0.25) is 0 Å². The lowest BCUT2D eigenvalue weighted by molar-refractivity contribution is -0.148. The van der Waals surface area contributed by atoms with Crippen LogP contribution in [0.5, 0.6) is 0 Å². The third kappa shape index (κ3) is 35.6. The minimum atomic E-state index is 0.0161. The third-order valence-electron chi connectivity index (χ3n) is 8.11. The first kappa shape index (κ1) is 41.4.